The lowest BCUT2D eigenvalue weighted by atomic mass is 10.1. The molecular formula is C18H20N2O5S. The summed E-state index contributed by atoms with van der Waals surface area (Å²) >= 11 is 0. The fourth-order valence-corrected chi connectivity index (χ4v) is 4.95. The van der Waals surface area contributed by atoms with Gasteiger partial charge in [-0.3, -0.25) is 13.9 Å². The molecule has 0 spiro atoms. The van der Waals surface area contributed by atoms with E-state index >= 15 is 0 Å². The van der Waals surface area contributed by atoms with Crippen LogP contribution in [0.3, 0.4) is 0 Å². The number of ether oxygens (including phenoxy) is 1. The highest BCUT2D eigenvalue weighted by Crippen LogP contribution is 2.55. The van der Waals surface area contributed by atoms with Crippen molar-refractivity contribution in [1.82, 2.24) is 4.72 Å². The molecule has 138 valence electrons. The van der Waals surface area contributed by atoms with E-state index in [1.165, 1.54) is 0 Å². The van der Waals surface area contributed by atoms with E-state index in [2.05, 4.69) is 9.62 Å². The first-order chi connectivity index (χ1) is 12.4. The minimum absolute atomic E-state index is 0.0390. The average molecular weight is 376 g/mol. The first kappa shape index (κ1) is 17.2. The summed E-state index contributed by atoms with van der Waals surface area (Å²) in [5.74, 6) is 0.166. The Morgan fingerprint density at radius 3 is 2.65 bits per heavy atom. The Bertz CT molecular complexity index is 840. The summed E-state index contributed by atoms with van der Waals surface area (Å²) < 4.78 is 29.7. The van der Waals surface area contributed by atoms with Crippen molar-refractivity contribution < 1.29 is 23.7 Å². The molecule has 0 aliphatic carbocycles. The second-order valence-corrected chi connectivity index (χ2v) is 8.24. The number of hydrogen-bond acceptors (Lipinski definition) is 6. The number of rotatable bonds is 4. The van der Waals surface area contributed by atoms with Crippen LogP contribution in [0.2, 0.25) is 0 Å². The number of benzene rings is 2. The number of aliphatic carboxylic acids is 1. The van der Waals surface area contributed by atoms with E-state index in [9.17, 15) is 13.9 Å². The summed E-state index contributed by atoms with van der Waals surface area (Å²) in [6, 6.07) is 12.1. The first-order valence-corrected chi connectivity index (χ1v) is 9.92. The van der Waals surface area contributed by atoms with Gasteiger partial charge in [-0.2, -0.15) is 4.72 Å². The van der Waals surface area contributed by atoms with Crippen molar-refractivity contribution in [2.24, 2.45) is 0 Å². The van der Waals surface area contributed by atoms with Crippen molar-refractivity contribution in [1.29, 1.82) is 0 Å². The number of fused-ring (bicyclic) bond motifs is 3. The van der Waals surface area contributed by atoms with Crippen LogP contribution in [-0.2, 0) is 11.2 Å². The summed E-state index contributed by atoms with van der Waals surface area (Å²) in [5, 5.41) is 8.81. The maximum atomic E-state index is 10.7. The third-order valence-corrected chi connectivity index (χ3v) is 6.16. The van der Waals surface area contributed by atoms with Crippen LogP contribution in [0.5, 0.6) is 11.5 Å². The highest BCUT2D eigenvalue weighted by atomic mass is 32.3. The molecule has 4 rings (SSSR count). The lowest BCUT2D eigenvalue weighted by Gasteiger charge is -2.46. The molecule has 1 saturated heterocycles. The van der Waals surface area contributed by atoms with E-state index in [1.807, 2.05) is 6.07 Å². The van der Waals surface area contributed by atoms with Gasteiger partial charge in [0, 0.05) is 12.6 Å². The third kappa shape index (κ3) is 3.24. The second-order valence-electron chi connectivity index (χ2n) is 6.46. The van der Waals surface area contributed by atoms with Crippen molar-refractivity contribution in [2.75, 3.05) is 11.4 Å². The van der Waals surface area contributed by atoms with Gasteiger partial charge in [0.15, 0.2) is 0 Å². The smallest absolute Gasteiger partial charge is 0.307 e. The molecule has 26 heavy (non-hydrogen) atoms. The molecule has 0 radical (unpaired) electrons. The van der Waals surface area contributed by atoms with Gasteiger partial charge in [0.2, 0.25) is 0 Å². The molecule has 7 nitrogen and oxygen atoms in total. The Morgan fingerprint density at radius 1 is 1.19 bits per heavy atom. The predicted octanol–water partition coefficient (Wildman–Crippen LogP) is 3.66. The van der Waals surface area contributed by atoms with Crippen molar-refractivity contribution in [3.63, 3.8) is 0 Å². The van der Waals surface area contributed by atoms with Gasteiger partial charge >= 0.3 is 5.97 Å². The summed E-state index contributed by atoms with van der Waals surface area (Å²) in [5.41, 5.74) is 1.52. The van der Waals surface area contributed by atoms with Gasteiger partial charge in [-0.25, -0.2) is 0 Å². The Hall–Kier alpha value is -2.26. The van der Waals surface area contributed by atoms with E-state index < -0.39 is 16.7 Å². The zero-order valence-corrected chi connectivity index (χ0v) is 14.8. The zero-order chi connectivity index (χ0) is 18.3. The van der Waals surface area contributed by atoms with Crippen molar-refractivity contribution in [3.05, 3.63) is 48.0 Å². The largest absolute Gasteiger partial charge is 0.481 e. The van der Waals surface area contributed by atoms with E-state index in [-0.39, 0.29) is 12.6 Å². The van der Waals surface area contributed by atoms with E-state index in [0.717, 1.165) is 25.1 Å². The number of anilines is 1. The predicted molar refractivity (Wildman–Crippen MR) is 98.9 cm³/mol. The molecule has 0 aromatic heterocycles. The highest BCUT2D eigenvalue weighted by Gasteiger charge is 2.38. The van der Waals surface area contributed by atoms with Gasteiger partial charge in [0.25, 0.3) is 0 Å². The molecule has 0 amide bonds. The molecule has 2 aromatic rings. The van der Waals surface area contributed by atoms with Crippen LogP contribution in [-0.4, -0.2) is 32.9 Å². The van der Waals surface area contributed by atoms with E-state index in [1.54, 1.807) is 36.4 Å². The van der Waals surface area contributed by atoms with Gasteiger partial charge in [-0.05, 0) is 42.7 Å². The Kier molecular flexibility index (Phi) is 4.28. The standard InChI is InChI=1S/C18H20N2O5S/c21-18(22)10-12-3-5-13(6-4-12)25-14-7-8-15-16(11-14)26(23,24)19-17-2-1-9-20(15)17/h3-8,11,17,19,23-24H,1-2,9-10H2,(H,21,22). The summed E-state index contributed by atoms with van der Waals surface area (Å²) in [6.45, 7) is 0.880. The molecule has 1 atom stereocenters. The summed E-state index contributed by atoms with van der Waals surface area (Å²) in [7, 11) is -3.07. The molecule has 8 heteroatoms. The lowest BCUT2D eigenvalue weighted by Crippen LogP contribution is -2.46. The Morgan fingerprint density at radius 2 is 1.92 bits per heavy atom. The number of nitrogens with zero attached hydrogens (tertiary/aromatic N) is 1. The van der Waals surface area contributed by atoms with Crippen LogP contribution in [0.1, 0.15) is 18.4 Å². The maximum Gasteiger partial charge on any atom is 0.307 e. The molecule has 1 unspecified atom stereocenters. The molecule has 2 aromatic carbocycles. The van der Waals surface area contributed by atoms with Crippen molar-refractivity contribution in [3.8, 4) is 11.5 Å². The number of carbonyl (C=O) groups is 1. The van der Waals surface area contributed by atoms with E-state index in [0.29, 0.717) is 22.0 Å². The van der Waals surface area contributed by atoms with E-state index in [4.69, 9.17) is 9.84 Å². The molecule has 0 bridgehead atoms. The van der Waals surface area contributed by atoms with Crippen LogP contribution < -0.4 is 14.4 Å². The number of carboxylic acids is 1. The van der Waals surface area contributed by atoms with Gasteiger partial charge in [-0.15, -0.1) is 10.8 Å². The fourth-order valence-electron chi connectivity index (χ4n) is 3.44. The lowest BCUT2D eigenvalue weighted by molar-refractivity contribution is -0.136. The van der Waals surface area contributed by atoms with Crippen LogP contribution >= 0.6 is 10.8 Å². The average Bonchev–Trinajstić information content (AvgIpc) is 3.04. The van der Waals surface area contributed by atoms with Crippen LogP contribution in [0, 0.1) is 0 Å². The van der Waals surface area contributed by atoms with Crippen molar-refractivity contribution in [2.45, 2.75) is 30.3 Å². The zero-order valence-electron chi connectivity index (χ0n) is 14.0. The topological polar surface area (TPSA) is 102 Å². The monoisotopic (exact) mass is 376 g/mol. The highest BCUT2D eigenvalue weighted by molar-refractivity contribution is 8.22. The van der Waals surface area contributed by atoms with Gasteiger partial charge in [-0.1, -0.05) is 12.1 Å². The van der Waals surface area contributed by atoms with Crippen LogP contribution in [0.4, 0.5) is 5.69 Å². The first-order valence-electron chi connectivity index (χ1n) is 8.37. The van der Waals surface area contributed by atoms with Crippen LogP contribution in [0.15, 0.2) is 47.4 Å². The minimum Gasteiger partial charge on any atom is -0.481 e. The molecule has 4 N–H and O–H groups in total. The third-order valence-electron chi connectivity index (χ3n) is 4.61. The van der Waals surface area contributed by atoms with Gasteiger partial charge in [0.05, 0.1) is 18.3 Å². The molecule has 1 fully saturated rings. The van der Waals surface area contributed by atoms with Crippen LogP contribution in [0.25, 0.3) is 0 Å². The SMILES string of the molecule is O=C(O)Cc1ccc(Oc2ccc3c(c2)S(O)(O)NC2CCCN32)cc1. The number of hydrogen-bond donors (Lipinski definition) is 4. The second kappa shape index (κ2) is 6.48. The van der Waals surface area contributed by atoms with Gasteiger partial charge < -0.3 is 14.7 Å². The van der Waals surface area contributed by atoms with Gasteiger partial charge in [0.1, 0.15) is 16.4 Å². The quantitative estimate of drug-likeness (QED) is 0.646. The minimum atomic E-state index is -3.07. The molecule has 2 aliphatic rings. The molecule has 2 heterocycles. The molecular weight excluding hydrogens is 356 g/mol. The normalized spacial score (nSPS) is 21.6. The summed E-state index contributed by atoms with van der Waals surface area (Å²) in [4.78, 5) is 13.3. The van der Waals surface area contributed by atoms with Crippen molar-refractivity contribution >= 4 is 22.4 Å². The molecule has 0 saturated carbocycles. The number of carboxylic acid groups (broad SMARTS) is 1. The molecule has 2 aliphatic heterocycles. The number of nitrogens with one attached hydrogen (secondary N) is 1. The Balaban J connectivity index is 1.58. The Labute approximate surface area is 152 Å². The summed E-state index contributed by atoms with van der Waals surface area (Å²) in [6.07, 6.45) is 1.81. The maximum absolute atomic E-state index is 10.7. The fraction of sp³-hybridized carbons (Fsp3) is 0.278.